The molecule has 0 N–H and O–H groups in total. The van der Waals surface area contributed by atoms with E-state index in [1.165, 1.54) is 19.3 Å². The van der Waals surface area contributed by atoms with Gasteiger partial charge in [-0.25, -0.2) is 0 Å². The lowest BCUT2D eigenvalue weighted by molar-refractivity contribution is 0.125. The molecule has 1 saturated carbocycles. The molecule has 0 radical (unpaired) electrons. The summed E-state index contributed by atoms with van der Waals surface area (Å²) in [5.74, 6) is 0. The third kappa shape index (κ3) is 2.85. The maximum atomic E-state index is 6.30. The number of hydrogen-bond donors (Lipinski definition) is 0. The first-order valence-corrected chi connectivity index (χ1v) is 7.61. The van der Waals surface area contributed by atoms with Gasteiger partial charge in [0.25, 0.3) is 0 Å². The molecule has 0 aromatic carbocycles. The Labute approximate surface area is 116 Å². The van der Waals surface area contributed by atoms with Gasteiger partial charge in [0.2, 0.25) is 0 Å². The Morgan fingerprint density at radius 3 is 2.65 bits per heavy atom. The van der Waals surface area contributed by atoms with E-state index in [9.17, 15) is 0 Å². The van der Waals surface area contributed by atoms with Crippen LogP contribution in [0.3, 0.4) is 0 Å². The van der Waals surface area contributed by atoms with Crippen molar-refractivity contribution in [2.75, 3.05) is 11.9 Å². The van der Waals surface area contributed by atoms with Crippen molar-refractivity contribution in [3.63, 3.8) is 0 Å². The second-order valence-electron chi connectivity index (χ2n) is 4.71. The number of aryl methyl sites for hydroxylation is 2. The molecular weight excluding hydrogens is 302 g/mol. The topological polar surface area (TPSA) is 21.1 Å². The summed E-state index contributed by atoms with van der Waals surface area (Å²) in [6.07, 6.45) is 4.00. The van der Waals surface area contributed by atoms with E-state index in [0.29, 0.717) is 0 Å². The SMILES string of the molecule is Cc1nn(C)c(CN(CCBr)C2CCC2)c1Cl. The Morgan fingerprint density at radius 1 is 1.53 bits per heavy atom. The fourth-order valence-corrected chi connectivity index (χ4v) is 2.97. The van der Waals surface area contributed by atoms with Gasteiger partial charge in [-0.2, -0.15) is 5.10 Å². The molecule has 0 unspecified atom stereocenters. The van der Waals surface area contributed by atoms with Crippen molar-refractivity contribution in [3.05, 3.63) is 16.4 Å². The lowest BCUT2D eigenvalue weighted by atomic mass is 9.91. The van der Waals surface area contributed by atoms with Gasteiger partial charge < -0.3 is 0 Å². The highest BCUT2D eigenvalue weighted by Crippen LogP contribution is 2.28. The monoisotopic (exact) mass is 319 g/mol. The van der Waals surface area contributed by atoms with Gasteiger partial charge >= 0.3 is 0 Å². The molecule has 1 aliphatic rings. The second-order valence-corrected chi connectivity index (χ2v) is 5.88. The molecule has 0 amide bonds. The van der Waals surface area contributed by atoms with Crippen LogP contribution in [0.15, 0.2) is 0 Å². The van der Waals surface area contributed by atoms with Crippen LogP contribution in [0.5, 0.6) is 0 Å². The van der Waals surface area contributed by atoms with Crippen molar-refractivity contribution in [2.24, 2.45) is 7.05 Å². The summed E-state index contributed by atoms with van der Waals surface area (Å²) < 4.78 is 1.91. The molecule has 5 heteroatoms. The molecule has 1 aromatic rings. The van der Waals surface area contributed by atoms with Crippen LogP contribution in [0.25, 0.3) is 0 Å². The quantitative estimate of drug-likeness (QED) is 0.777. The van der Waals surface area contributed by atoms with E-state index in [-0.39, 0.29) is 0 Å². The maximum Gasteiger partial charge on any atom is 0.0860 e. The van der Waals surface area contributed by atoms with Crippen molar-refractivity contribution in [1.82, 2.24) is 14.7 Å². The van der Waals surface area contributed by atoms with Crippen LogP contribution in [0, 0.1) is 6.92 Å². The Kier molecular flexibility index (Phi) is 4.50. The Hall–Kier alpha value is -0.0600. The summed E-state index contributed by atoms with van der Waals surface area (Å²) in [5.41, 5.74) is 2.06. The van der Waals surface area contributed by atoms with Gasteiger partial charge in [-0.05, 0) is 19.8 Å². The zero-order valence-electron chi connectivity index (χ0n) is 10.4. The normalized spacial score (nSPS) is 16.5. The molecule has 1 heterocycles. The van der Waals surface area contributed by atoms with E-state index in [1.54, 1.807) is 0 Å². The first-order chi connectivity index (χ1) is 8.13. The molecule has 1 aliphatic carbocycles. The highest BCUT2D eigenvalue weighted by molar-refractivity contribution is 9.09. The molecule has 0 spiro atoms. The lowest BCUT2D eigenvalue weighted by Crippen LogP contribution is -2.41. The molecule has 0 atom stereocenters. The Bertz CT molecular complexity index is 387. The molecule has 0 bridgehead atoms. The van der Waals surface area contributed by atoms with Crippen LogP contribution in [0.4, 0.5) is 0 Å². The lowest BCUT2D eigenvalue weighted by Gasteiger charge is -2.37. The van der Waals surface area contributed by atoms with E-state index in [0.717, 1.165) is 40.9 Å². The Balaban J connectivity index is 2.10. The molecule has 17 heavy (non-hydrogen) atoms. The van der Waals surface area contributed by atoms with Gasteiger partial charge in [0.15, 0.2) is 0 Å². The van der Waals surface area contributed by atoms with Gasteiger partial charge in [-0.3, -0.25) is 9.58 Å². The summed E-state index contributed by atoms with van der Waals surface area (Å²) in [6.45, 7) is 3.95. The highest BCUT2D eigenvalue weighted by Gasteiger charge is 2.26. The predicted octanol–water partition coefficient (Wildman–Crippen LogP) is 3.13. The van der Waals surface area contributed by atoms with E-state index >= 15 is 0 Å². The van der Waals surface area contributed by atoms with Crippen molar-refractivity contribution >= 4 is 27.5 Å². The average molecular weight is 321 g/mol. The molecule has 0 aliphatic heterocycles. The minimum Gasteiger partial charge on any atom is -0.294 e. The first-order valence-electron chi connectivity index (χ1n) is 6.11. The van der Waals surface area contributed by atoms with Crippen molar-refractivity contribution in [2.45, 2.75) is 38.8 Å². The minimum atomic E-state index is 0.735. The number of hydrogen-bond acceptors (Lipinski definition) is 2. The number of nitrogens with zero attached hydrogens (tertiary/aromatic N) is 3. The molecular formula is C12H19BrClN3. The maximum absolute atomic E-state index is 6.30. The van der Waals surface area contributed by atoms with Crippen LogP contribution >= 0.6 is 27.5 Å². The molecule has 1 aromatic heterocycles. The predicted molar refractivity (Wildman–Crippen MR) is 74.8 cm³/mol. The van der Waals surface area contributed by atoms with E-state index in [1.807, 2.05) is 18.7 Å². The molecule has 96 valence electrons. The summed E-state index contributed by atoms with van der Waals surface area (Å²) in [4.78, 5) is 2.51. The largest absolute Gasteiger partial charge is 0.294 e. The van der Waals surface area contributed by atoms with Gasteiger partial charge in [-0.1, -0.05) is 34.0 Å². The van der Waals surface area contributed by atoms with E-state index in [4.69, 9.17) is 11.6 Å². The third-order valence-electron chi connectivity index (χ3n) is 3.58. The molecule has 1 fully saturated rings. The zero-order valence-corrected chi connectivity index (χ0v) is 12.8. The van der Waals surface area contributed by atoms with Crippen LogP contribution < -0.4 is 0 Å². The second kappa shape index (κ2) is 5.72. The Morgan fingerprint density at radius 2 is 2.24 bits per heavy atom. The number of alkyl halides is 1. The fraction of sp³-hybridized carbons (Fsp3) is 0.750. The summed E-state index contributed by atoms with van der Waals surface area (Å²) in [7, 11) is 1.97. The van der Waals surface area contributed by atoms with Crippen molar-refractivity contribution in [3.8, 4) is 0 Å². The van der Waals surface area contributed by atoms with Gasteiger partial charge in [0.05, 0.1) is 16.4 Å². The standard InChI is InChI=1S/C12H19BrClN3/c1-9-12(14)11(16(2)15-9)8-17(7-6-13)10-4-3-5-10/h10H,3-8H2,1-2H3. The van der Waals surface area contributed by atoms with Crippen LogP contribution in [-0.2, 0) is 13.6 Å². The van der Waals surface area contributed by atoms with Gasteiger partial charge in [0.1, 0.15) is 0 Å². The molecule has 2 rings (SSSR count). The van der Waals surface area contributed by atoms with E-state index in [2.05, 4.69) is 25.9 Å². The van der Waals surface area contributed by atoms with Gasteiger partial charge in [-0.15, -0.1) is 0 Å². The summed E-state index contributed by atoms with van der Waals surface area (Å²) in [5, 5.41) is 6.21. The number of halogens is 2. The molecule has 3 nitrogen and oxygen atoms in total. The van der Waals surface area contributed by atoms with Crippen molar-refractivity contribution < 1.29 is 0 Å². The van der Waals surface area contributed by atoms with Crippen LogP contribution in [0.1, 0.15) is 30.7 Å². The fourth-order valence-electron chi connectivity index (χ4n) is 2.30. The zero-order chi connectivity index (χ0) is 12.4. The summed E-state index contributed by atoms with van der Waals surface area (Å²) in [6, 6.07) is 0.735. The smallest absolute Gasteiger partial charge is 0.0860 e. The highest BCUT2D eigenvalue weighted by atomic mass is 79.9. The summed E-state index contributed by atoms with van der Waals surface area (Å²) >= 11 is 9.83. The van der Waals surface area contributed by atoms with Gasteiger partial charge in [0, 0.05) is 31.5 Å². The minimum absolute atomic E-state index is 0.735. The van der Waals surface area contributed by atoms with Crippen LogP contribution in [-0.4, -0.2) is 32.6 Å². The third-order valence-corrected chi connectivity index (χ3v) is 4.42. The van der Waals surface area contributed by atoms with Crippen LogP contribution in [0.2, 0.25) is 5.02 Å². The first kappa shape index (κ1) is 13.4. The van der Waals surface area contributed by atoms with Crippen molar-refractivity contribution in [1.29, 1.82) is 0 Å². The van der Waals surface area contributed by atoms with E-state index < -0.39 is 0 Å². The average Bonchev–Trinajstić information content (AvgIpc) is 2.43. The number of aromatic nitrogens is 2. The number of rotatable bonds is 5. The molecule has 0 saturated heterocycles.